The lowest BCUT2D eigenvalue weighted by molar-refractivity contribution is 0.704. The third kappa shape index (κ3) is 3.53. The Morgan fingerprint density at radius 2 is 2.06 bits per heavy atom. The van der Waals surface area contributed by atoms with Crippen LogP contribution >= 0.6 is 15.9 Å². The van der Waals surface area contributed by atoms with E-state index in [1.165, 1.54) is 5.56 Å². The van der Waals surface area contributed by atoms with Gasteiger partial charge in [0.1, 0.15) is 12.1 Å². The molecular formula is C14H16BrN3. The van der Waals surface area contributed by atoms with Crippen LogP contribution in [0.5, 0.6) is 0 Å². The topological polar surface area (TPSA) is 37.8 Å². The number of nitrogens with one attached hydrogen (secondary N) is 1. The van der Waals surface area contributed by atoms with Crippen LogP contribution in [-0.4, -0.2) is 16.5 Å². The summed E-state index contributed by atoms with van der Waals surface area (Å²) in [6.45, 7) is 3.14. The molecule has 0 spiro atoms. The molecule has 18 heavy (non-hydrogen) atoms. The van der Waals surface area contributed by atoms with E-state index in [2.05, 4.69) is 62.4 Å². The van der Waals surface area contributed by atoms with Crippen LogP contribution in [0.3, 0.4) is 0 Å². The van der Waals surface area contributed by atoms with Gasteiger partial charge in [-0.05, 0) is 33.8 Å². The van der Waals surface area contributed by atoms with Gasteiger partial charge < -0.3 is 5.32 Å². The number of benzene rings is 1. The lowest BCUT2D eigenvalue weighted by Gasteiger charge is -2.13. The van der Waals surface area contributed by atoms with Gasteiger partial charge in [0.25, 0.3) is 0 Å². The van der Waals surface area contributed by atoms with Gasteiger partial charge in [0.2, 0.25) is 0 Å². The lowest BCUT2D eigenvalue weighted by atomic mass is 9.98. The van der Waals surface area contributed by atoms with Crippen molar-refractivity contribution >= 4 is 21.7 Å². The second-order valence-corrected chi connectivity index (χ2v) is 5.10. The van der Waals surface area contributed by atoms with E-state index in [0.717, 1.165) is 23.3 Å². The normalized spacial score (nSPS) is 12.1. The highest BCUT2D eigenvalue weighted by atomic mass is 79.9. The molecule has 2 rings (SSSR count). The fraction of sp³-hybridized carbons (Fsp3) is 0.286. The molecule has 0 amide bonds. The quantitative estimate of drug-likeness (QED) is 0.912. The van der Waals surface area contributed by atoms with E-state index in [1.807, 2.05) is 6.07 Å². The Labute approximate surface area is 116 Å². The Hall–Kier alpha value is -1.42. The molecule has 0 aliphatic heterocycles. The molecule has 1 aromatic heterocycles. The molecule has 0 fully saturated rings. The van der Waals surface area contributed by atoms with E-state index in [-0.39, 0.29) is 0 Å². The van der Waals surface area contributed by atoms with Gasteiger partial charge >= 0.3 is 0 Å². The van der Waals surface area contributed by atoms with Crippen LogP contribution in [0.1, 0.15) is 24.8 Å². The van der Waals surface area contributed by atoms with Crippen molar-refractivity contribution in [2.24, 2.45) is 0 Å². The number of halogens is 1. The van der Waals surface area contributed by atoms with Gasteiger partial charge in [-0.25, -0.2) is 9.97 Å². The van der Waals surface area contributed by atoms with Crippen LogP contribution < -0.4 is 5.32 Å². The van der Waals surface area contributed by atoms with Crippen molar-refractivity contribution in [3.05, 3.63) is 52.9 Å². The number of nitrogens with zero attached hydrogens (tertiary/aromatic N) is 2. The van der Waals surface area contributed by atoms with Crippen molar-refractivity contribution in [2.45, 2.75) is 19.3 Å². The summed E-state index contributed by atoms with van der Waals surface area (Å²) in [6.07, 6.45) is 4.37. The third-order valence-electron chi connectivity index (χ3n) is 2.91. The van der Waals surface area contributed by atoms with E-state index < -0.39 is 0 Å². The molecule has 0 saturated heterocycles. The van der Waals surface area contributed by atoms with E-state index in [0.29, 0.717) is 5.92 Å². The number of hydrogen-bond acceptors (Lipinski definition) is 3. The first-order valence-electron chi connectivity index (χ1n) is 6.01. The summed E-state index contributed by atoms with van der Waals surface area (Å²) in [6, 6.07) is 10.6. The van der Waals surface area contributed by atoms with Gasteiger partial charge in [-0.2, -0.15) is 0 Å². The Morgan fingerprint density at radius 1 is 1.28 bits per heavy atom. The minimum atomic E-state index is 0.541. The van der Waals surface area contributed by atoms with Crippen LogP contribution in [0.15, 0.2) is 47.3 Å². The fourth-order valence-corrected chi connectivity index (χ4v) is 2.16. The molecule has 0 radical (unpaired) electrons. The zero-order chi connectivity index (χ0) is 12.8. The van der Waals surface area contributed by atoms with Crippen LogP contribution in [0.25, 0.3) is 0 Å². The monoisotopic (exact) mass is 305 g/mol. The molecule has 94 valence electrons. The van der Waals surface area contributed by atoms with Crippen molar-refractivity contribution < 1.29 is 0 Å². The smallest absolute Gasteiger partial charge is 0.143 e. The maximum absolute atomic E-state index is 4.18. The SMILES string of the molecule is CC(CCNc1ncncc1Br)c1ccccc1. The molecule has 4 heteroatoms. The van der Waals surface area contributed by atoms with Crippen molar-refractivity contribution in [2.75, 3.05) is 11.9 Å². The van der Waals surface area contributed by atoms with Crippen LogP contribution in [0, 0.1) is 0 Å². The molecule has 1 atom stereocenters. The van der Waals surface area contributed by atoms with Gasteiger partial charge in [0.05, 0.1) is 4.47 Å². The minimum Gasteiger partial charge on any atom is -0.369 e. The van der Waals surface area contributed by atoms with Crippen molar-refractivity contribution in [3.8, 4) is 0 Å². The second kappa shape index (κ2) is 6.50. The molecule has 0 bridgehead atoms. The third-order valence-corrected chi connectivity index (χ3v) is 3.49. The molecule has 1 aromatic carbocycles. The Morgan fingerprint density at radius 3 is 2.78 bits per heavy atom. The highest BCUT2D eigenvalue weighted by molar-refractivity contribution is 9.10. The molecule has 1 unspecified atom stereocenters. The molecule has 2 aromatic rings. The molecule has 1 N–H and O–H groups in total. The van der Waals surface area contributed by atoms with Crippen LogP contribution in [0.2, 0.25) is 0 Å². The summed E-state index contributed by atoms with van der Waals surface area (Å²) < 4.78 is 0.900. The van der Waals surface area contributed by atoms with Crippen LogP contribution in [-0.2, 0) is 0 Å². The first-order valence-corrected chi connectivity index (χ1v) is 6.81. The van der Waals surface area contributed by atoms with Gasteiger partial charge in [0.15, 0.2) is 0 Å². The van der Waals surface area contributed by atoms with Crippen LogP contribution in [0.4, 0.5) is 5.82 Å². The largest absolute Gasteiger partial charge is 0.369 e. The Bertz CT molecular complexity index is 487. The van der Waals surface area contributed by atoms with Crippen molar-refractivity contribution in [1.82, 2.24) is 9.97 Å². The summed E-state index contributed by atoms with van der Waals surface area (Å²) in [5.41, 5.74) is 1.38. The number of rotatable bonds is 5. The molecule has 0 saturated carbocycles. The molecule has 3 nitrogen and oxygen atoms in total. The van der Waals surface area contributed by atoms with E-state index >= 15 is 0 Å². The standard InChI is InChI=1S/C14H16BrN3/c1-11(12-5-3-2-4-6-12)7-8-17-14-13(15)9-16-10-18-14/h2-6,9-11H,7-8H2,1H3,(H,16,17,18). The van der Waals surface area contributed by atoms with Crippen molar-refractivity contribution in [3.63, 3.8) is 0 Å². The van der Waals surface area contributed by atoms with Gasteiger partial charge in [-0.3, -0.25) is 0 Å². The maximum Gasteiger partial charge on any atom is 0.143 e. The molecule has 0 aliphatic rings. The van der Waals surface area contributed by atoms with E-state index in [4.69, 9.17) is 0 Å². The second-order valence-electron chi connectivity index (χ2n) is 4.25. The average Bonchev–Trinajstić information content (AvgIpc) is 2.42. The summed E-state index contributed by atoms with van der Waals surface area (Å²) in [4.78, 5) is 8.12. The molecule has 0 aliphatic carbocycles. The Balaban J connectivity index is 1.84. The molecule has 1 heterocycles. The number of anilines is 1. The summed E-state index contributed by atoms with van der Waals surface area (Å²) in [7, 11) is 0. The minimum absolute atomic E-state index is 0.541. The number of hydrogen-bond donors (Lipinski definition) is 1. The number of aromatic nitrogens is 2. The maximum atomic E-state index is 4.18. The fourth-order valence-electron chi connectivity index (χ4n) is 1.80. The highest BCUT2D eigenvalue weighted by Gasteiger charge is 2.05. The lowest BCUT2D eigenvalue weighted by Crippen LogP contribution is -2.07. The molecular weight excluding hydrogens is 290 g/mol. The van der Waals surface area contributed by atoms with Crippen molar-refractivity contribution in [1.29, 1.82) is 0 Å². The zero-order valence-electron chi connectivity index (χ0n) is 10.3. The Kier molecular flexibility index (Phi) is 4.70. The van der Waals surface area contributed by atoms with Gasteiger partial charge in [0, 0.05) is 12.7 Å². The van der Waals surface area contributed by atoms with E-state index in [1.54, 1.807) is 12.5 Å². The van der Waals surface area contributed by atoms with Gasteiger partial charge in [-0.1, -0.05) is 37.3 Å². The first-order chi connectivity index (χ1) is 8.77. The summed E-state index contributed by atoms with van der Waals surface area (Å²) >= 11 is 3.42. The highest BCUT2D eigenvalue weighted by Crippen LogP contribution is 2.20. The first kappa shape index (κ1) is 13.0. The predicted octanol–water partition coefficient (Wildman–Crippen LogP) is 3.84. The zero-order valence-corrected chi connectivity index (χ0v) is 11.9. The predicted molar refractivity (Wildman–Crippen MR) is 77.7 cm³/mol. The van der Waals surface area contributed by atoms with Gasteiger partial charge in [-0.15, -0.1) is 0 Å². The average molecular weight is 306 g/mol. The summed E-state index contributed by atoms with van der Waals surface area (Å²) in [5.74, 6) is 1.39. The summed E-state index contributed by atoms with van der Waals surface area (Å²) in [5, 5.41) is 3.32. The van der Waals surface area contributed by atoms with E-state index in [9.17, 15) is 0 Å².